The molecule has 8 heteroatoms. The van der Waals surface area contributed by atoms with E-state index in [0.717, 1.165) is 45.6 Å². The van der Waals surface area contributed by atoms with Gasteiger partial charge in [0.05, 0.1) is 13.7 Å². The van der Waals surface area contributed by atoms with E-state index in [1.165, 1.54) is 5.56 Å². The van der Waals surface area contributed by atoms with Gasteiger partial charge in [0.25, 0.3) is 5.56 Å². The first-order chi connectivity index (χ1) is 18.5. The van der Waals surface area contributed by atoms with E-state index in [0.29, 0.717) is 31.7 Å². The van der Waals surface area contributed by atoms with Crippen LogP contribution in [0.1, 0.15) is 33.6 Å². The Kier molecular flexibility index (Phi) is 7.60. The van der Waals surface area contributed by atoms with Crippen LogP contribution >= 0.6 is 0 Å². The predicted molar refractivity (Wildman–Crippen MR) is 148 cm³/mol. The Morgan fingerprint density at radius 3 is 2.47 bits per heavy atom. The summed E-state index contributed by atoms with van der Waals surface area (Å²) < 4.78 is 7.17. The number of aryl methyl sites for hydroxylation is 4. The predicted octanol–water partition coefficient (Wildman–Crippen LogP) is 4.59. The Bertz CT molecular complexity index is 1570. The van der Waals surface area contributed by atoms with Crippen LogP contribution in [0.4, 0.5) is 0 Å². The molecule has 0 amide bonds. The third kappa shape index (κ3) is 5.98. The largest absolute Gasteiger partial charge is 0.497 e. The van der Waals surface area contributed by atoms with E-state index in [1.54, 1.807) is 7.11 Å². The van der Waals surface area contributed by atoms with Gasteiger partial charge in [0.2, 0.25) is 0 Å². The van der Waals surface area contributed by atoms with Gasteiger partial charge >= 0.3 is 0 Å². The molecular formula is C30H32N6O2. The van der Waals surface area contributed by atoms with Crippen molar-refractivity contribution in [1.29, 1.82) is 0 Å². The van der Waals surface area contributed by atoms with Crippen LogP contribution in [-0.2, 0) is 32.6 Å². The molecule has 5 aromatic rings. The molecule has 2 aromatic heterocycles. The molecule has 0 saturated carbocycles. The van der Waals surface area contributed by atoms with Gasteiger partial charge in [-0.3, -0.25) is 9.69 Å². The van der Waals surface area contributed by atoms with Crippen LogP contribution in [0.3, 0.4) is 0 Å². The Morgan fingerprint density at radius 1 is 0.921 bits per heavy atom. The first-order valence-electron chi connectivity index (χ1n) is 12.8. The molecular weight excluding hydrogens is 476 g/mol. The minimum absolute atomic E-state index is 0.0779. The Balaban J connectivity index is 1.42. The molecule has 0 atom stereocenters. The average Bonchev–Trinajstić information content (AvgIpc) is 3.36. The third-order valence-electron chi connectivity index (χ3n) is 6.78. The zero-order valence-corrected chi connectivity index (χ0v) is 22.0. The zero-order chi connectivity index (χ0) is 26.5. The normalized spacial score (nSPS) is 11.4. The number of fused-ring (bicyclic) bond motifs is 1. The van der Waals surface area contributed by atoms with E-state index in [-0.39, 0.29) is 5.56 Å². The number of nitrogens with zero attached hydrogens (tertiary/aromatic N) is 5. The quantitative estimate of drug-likeness (QED) is 0.297. The zero-order valence-electron chi connectivity index (χ0n) is 22.0. The second-order valence-electron chi connectivity index (χ2n) is 9.71. The van der Waals surface area contributed by atoms with Crippen molar-refractivity contribution in [3.05, 3.63) is 117 Å². The Morgan fingerprint density at radius 2 is 1.71 bits per heavy atom. The third-order valence-corrected chi connectivity index (χ3v) is 6.78. The topological polar surface area (TPSA) is 88.9 Å². The number of aromatic amines is 1. The van der Waals surface area contributed by atoms with E-state index in [1.807, 2.05) is 66.2 Å². The van der Waals surface area contributed by atoms with Gasteiger partial charge in [-0.1, -0.05) is 48.5 Å². The highest BCUT2D eigenvalue weighted by Crippen LogP contribution is 2.21. The van der Waals surface area contributed by atoms with Crippen molar-refractivity contribution in [2.45, 2.75) is 46.4 Å². The lowest BCUT2D eigenvalue weighted by Crippen LogP contribution is -2.28. The van der Waals surface area contributed by atoms with Crippen LogP contribution in [0.2, 0.25) is 0 Å². The summed E-state index contributed by atoms with van der Waals surface area (Å²) >= 11 is 0. The lowest BCUT2D eigenvalue weighted by atomic mass is 10.0. The van der Waals surface area contributed by atoms with E-state index in [4.69, 9.17) is 4.74 Å². The van der Waals surface area contributed by atoms with Gasteiger partial charge in [-0.25, -0.2) is 4.68 Å². The van der Waals surface area contributed by atoms with Crippen LogP contribution in [-0.4, -0.2) is 37.2 Å². The summed E-state index contributed by atoms with van der Waals surface area (Å²) in [6.45, 7) is 6.37. The second kappa shape index (κ2) is 11.4. The lowest BCUT2D eigenvalue weighted by Gasteiger charge is -2.22. The number of pyridine rings is 1. The number of rotatable bonds is 10. The van der Waals surface area contributed by atoms with Gasteiger partial charge in [-0.05, 0) is 77.2 Å². The minimum Gasteiger partial charge on any atom is -0.497 e. The molecule has 0 radical (unpaired) electrons. The van der Waals surface area contributed by atoms with Crippen LogP contribution in [0.25, 0.3) is 10.9 Å². The molecule has 38 heavy (non-hydrogen) atoms. The minimum atomic E-state index is -0.0779. The molecule has 3 aromatic carbocycles. The van der Waals surface area contributed by atoms with Gasteiger partial charge in [0, 0.05) is 36.1 Å². The smallest absolute Gasteiger partial charge is 0.252 e. The van der Waals surface area contributed by atoms with Crippen molar-refractivity contribution in [2.75, 3.05) is 7.11 Å². The average molecular weight is 509 g/mol. The van der Waals surface area contributed by atoms with Crippen molar-refractivity contribution in [1.82, 2.24) is 30.1 Å². The SMILES string of the molecule is COc1ccc(CN(Cc2cc3c(C)cc(C)cc3[nH]c2=O)Cc2nnnn2CCc2ccccc2)cc1. The van der Waals surface area contributed by atoms with E-state index < -0.39 is 0 Å². The van der Waals surface area contributed by atoms with Gasteiger partial charge in [0.1, 0.15) is 5.75 Å². The lowest BCUT2D eigenvalue weighted by molar-refractivity contribution is 0.235. The monoisotopic (exact) mass is 508 g/mol. The maximum atomic E-state index is 13.1. The summed E-state index contributed by atoms with van der Waals surface area (Å²) in [5, 5.41) is 13.6. The maximum Gasteiger partial charge on any atom is 0.252 e. The van der Waals surface area contributed by atoms with E-state index >= 15 is 0 Å². The molecule has 0 aliphatic heterocycles. The fourth-order valence-electron chi connectivity index (χ4n) is 4.82. The number of benzene rings is 3. The highest BCUT2D eigenvalue weighted by Gasteiger charge is 2.16. The second-order valence-corrected chi connectivity index (χ2v) is 9.71. The standard InChI is InChI=1S/C30H32N6O2/c1-21-15-22(2)27-17-25(30(37)31-28(27)16-21)19-35(18-24-9-11-26(38-3)12-10-24)20-29-32-33-34-36(29)14-13-23-7-5-4-6-8-23/h4-12,15-17H,13-14,18-20H2,1-3H3,(H,31,37). The van der Waals surface area contributed by atoms with E-state index in [9.17, 15) is 4.79 Å². The van der Waals surface area contributed by atoms with Crippen molar-refractivity contribution in [3.8, 4) is 5.75 Å². The maximum absolute atomic E-state index is 13.1. The molecule has 8 nitrogen and oxygen atoms in total. The van der Waals surface area contributed by atoms with Gasteiger partial charge in [-0.15, -0.1) is 5.10 Å². The first kappa shape index (κ1) is 25.4. The molecule has 0 aliphatic carbocycles. The molecule has 0 spiro atoms. The van der Waals surface area contributed by atoms with Crippen LogP contribution < -0.4 is 10.3 Å². The van der Waals surface area contributed by atoms with Crippen molar-refractivity contribution in [3.63, 3.8) is 0 Å². The number of H-pyrrole nitrogens is 1. The van der Waals surface area contributed by atoms with E-state index in [2.05, 4.69) is 50.5 Å². The highest BCUT2D eigenvalue weighted by atomic mass is 16.5. The molecule has 0 fully saturated rings. The summed E-state index contributed by atoms with van der Waals surface area (Å²) in [5.41, 5.74) is 6.11. The Hall–Kier alpha value is -4.30. The molecule has 5 rings (SSSR count). The number of hydrogen-bond donors (Lipinski definition) is 1. The fourth-order valence-corrected chi connectivity index (χ4v) is 4.82. The van der Waals surface area contributed by atoms with Gasteiger partial charge < -0.3 is 9.72 Å². The van der Waals surface area contributed by atoms with Crippen molar-refractivity contribution >= 4 is 10.9 Å². The molecule has 0 bridgehead atoms. The summed E-state index contributed by atoms with van der Waals surface area (Å²) in [4.78, 5) is 18.4. The van der Waals surface area contributed by atoms with Gasteiger partial charge in [0.15, 0.2) is 5.82 Å². The molecule has 2 heterocycles. The number of tetrazole rings is 1. The van der Waals surface area contributed by atoms with Gasteiger partial charge in [-0.2, -0.15) is 0 Å². The number of ether oxygens (including phenoxy) is 1. The highest BCUT2D eigenvalue weighted by molar-refractivity contribution is 5.83. The fraction of sp³-hybridized carbons (Fsp3) is 0.267. The number of hydrogen-bond acceptors (Lipinski definition) is 6. The van der Waals surface area contributed by atoms with Crippen LogP contribution in [0.15, 0.2) is 77.6 Å². The molecule has 1 N–H and O–H groups in total. The van der Waals surface area contributed by atoms with Crippen molar-refractivity contribution < 1.29 is 4.74 Å². The number of aromatic nitrogens is 5. The molecule has 0 aliphatic rings. The van der Waals surface area contributed by atoms with Crippen LogP contribution in [0, 0.1) is 13.8 Å². The van der Waals surface area contributed by atoms with Crippen LogP contribution in [0.5, 0.6) is 5.75 Å². The number of methoxy groups -OCH3 is 1. The summed E-state index contributed by atoms with van der Waals surface area (Å²) in [5.74, 6) is 1.57. The first-order valence-corrected chi connectivity index (χ1v) is 12.8. The number of nitrogens with one attached hydrogen (secondary N) is 1. The Labute approximate surface area is 221 Å². The summed E-state index contributed by atoms with van der Waals surface area (Å²) in [7, 11) is 1.66. The summed E-state index contributed by atoms with van der Waals surface area (Å²) in [6.07, 6.45) is 0.834. The van der Waals surface area contributed by atoms with Crippen molar-refractivity contribution in [2.24, 2.45) is 0 Å². The molecule has 0 unspecified atom stereocenters. The molecule has 194 valence electrons. The summed E-state index contributed by atoms with van der Waals surface area (Å²) in [6, 6.07) is 24.5. The molecule has 0 saturated heterocycles.